The maximum Gasteiger partial charge on any atom is 0.328 e. The second-order valence-corrected chi connectivity index (χ2v) is 4.06. The van der Waals surface area contributed by atoms with Crippen molar-refractivity contribution in [1.29, 1.82) is 0 Å². The van der Waals surface area contributed by atoms with Gasteiger partial charge in [0.25, 0.3) is 0 Å². The van der Waals surface area contributed by atoms with Crippen LogP contribution in [-0.2, 0) is 20.7 Å². The summed E-state index contributed by atoms with van der Waals surface area (Å²) in [5.41, 5.74) is 6.40. The van der Waals surface area contributed by atoms with E-state index in [1.807, 2.05) is 30.3 Å². The van der Waals surface area contributed by atoms with Crippen molar-refractivity contribution < 1.29 is 14.3 Å². The highest BCUT2D eigenvalue weighted by atomic mass is 35.5. The Morgan fingerprint density at radius 3 is 2.37 bits per heavy atom. The van der Waals surface area contributed by atoms with E-state index in [-0.39, 0.29) is 18.3 Å². The number of carbonyl (C=O) groups excluding carboxylic acids is 2. The van der Waals surface area contributed by atoms with Crippen molar-refractivity contribution in [1.82, 2.24) is 5.32 Å². The van der Waals surface area contributed by atoms with Crippen molar-refractivity contribution >= 4 is 24.3 Å². The second kappa shape index (κ2) is 8.50. The lowest BCUT2D eigenvalue weighted by molar-refractivity contribution is -0.145. The van der Waals surface area contributed by atoms with Gasteiger partial charge in [-0.3, -0.25) is 4.79 Å². The molecule has 0 bridgehead atoms. The lowest BCUT2D eigenvalue weighted by Crippen LogP contribution is -2.48. The largest absolute Gasteiger partial charge is 0.467 e. The Labute approximate surface area is 118 Å². The molecular formula is C13H19ClN2O3. The van der Waals surface area contributed by atoms with Gasteiger partial charge in [-0.1, -0.05) is 30.3 Å². The molecule has 3 N–H and O–H groups in total. The van der Waals surface area contributed by atoms with Crippen LogP contribution in [0.4, 0.5) is 0 Å². The Morgan fingerprint density at radius 2 is 1.89 bits per heavy atom. The fraction of sp³-hybridized carbons (Fsp3) is 0.385. The number of nitrogens with two attached hydrogens (primary N) is 1. The summed E-state index contributed by atoms with van der Waals surface area (Å²) in [7, 11) is 1.29. The molecule has 2 atom stereocenters. The molecule has 0 radical (unpaired) electrons. The Bertz CT molecular complexity index is 410. The number of nitrogens with one attached hydrogen (secondary N) is 1. The summed E-state index contributed by atoms with van der Waals surface area (Å²) in [6, 6.07) is 8.02. The van der Waals surface area contributed by atoms with Crippen molar-refractivity contribution in [3.8, 4) is 0 Å². The average molecular weight is 287 g/mol. The highest BCUT2D eigenvalue weighted by Crippen LogP contribution is 2.04. The van der Waals surface area contributed by atoms with Gasteiger partial charge in [-0.25, -0.2) is 4.79 Å². The van der Waals surface area contributed by atoms with Gasteiger partial charge in [0.05, 0.1) is 13.2 Å². The monoisotopic (exact) mass is 286 g/mol. The van der Waals surface area contributed by atoms with Gasteiger partial charge in [0, 0.05) is 6.42 Å². The van der Waals surface area contributed by atoms with Crippen molar-refractivity contribution in [3.63, 3.8) is 0 Å². The van der Waals surface area contributed by atoms with E-state index in [9.17, 15) is 9.59 Å². The molecule has 1 amide bonds. The van der Waals surface area contributed by atoms with Gasteiger partial charge >= 0.3 is 5.97 Å². The first-order chi connectivity index (χ1) is 8.54. The maximum atomic E-state index is 11.6. The molecule has 1 unspecified atom stereocenters. The number of halogens is 1. The third-order valence-electron chi connectivity index (χ3n) is 2.50. The van der Waals surface area contributed by atoms with Crippen LogP contribution in [0.3, 0.4) is 0 Å². The first kappa shape index (κ1) is 17.4. The third-order valence-corrected chi connectivity index (χ3v) is 2.50. The zero-order valence-electron chi connectivity index (χ0n) is 11.0. The van der Waals surface area contributed by atoms with Gasteiger partial charge in [-0.2, -0.15) is 0 Å². The van der Waals surface area contributed by atoms with Gasteiger partial charge in [0.2, 0.25) is 5.91 Å². The van der Waals surface area contributed by atoms with E-state index >= 15 is 0 Å². The first-order valence-electron chi connectivity index (χ1n) is 5.72. The van der Waals surface area contributed by atoms with E-state index in [0.29, 0.717) is 6.42 Å². The Kier molecular flexibility index (Phi) is 7.79. The Hall–Kier alpha value is -1.59. The molecule has 0 aliphatic carbocycles. The molecular weight excluding hydrogens is 268 g/mol. The van der Waals surface area contributed by atoms with Gasteiger partial charge < -0.3 is 15.8 Å². The number of esters is 1. The highest BCUT2D eigenvalue weighted by molar-refractivity contribution is 5.87. The molecule has 5 nitrogen and oxygen atoms in total. The van der Waals surface area contributed by atoms with Crippen LogP contribution in [0, 0.1) is 0 Å². The Balaban J connectivity index is 0.00000324. The van der Waals surface area contributed by atoms with Gasteiger partial charge in [-0.05, 0) is 12.5 Å². The van der Waals surface area contributed by atoms with Crippen LogP contribution in [-0.4, -0.2) is 31.1 Å². The molecule has 19 heavy (non-hydrogen) atoms. The summed E-state index contributed by atoms with van der Waals surface area (Å²) in [6.45, 7) is 1.56. The fourth-order valence-corrected chi connectivity index (χ4v) is 1.49. The summed E-state index contributed by atoms with van der Waals surface area (Å²) in [5, 5.41) is 2.58. The zero-order chi connectivity index (χ0) is 13.5. The zero-order valence-corrected chi connectivity index (χ0v) is 11.8. The molecule has 0 saturated carbocycles. The summed E-state index contributed by atoms with van der Waals surface area (Å²) in [6.07, 6.45) is 0.381. The number of benzene rings is 1. The van der Waals surface area contributed by atoms with E-state index in [1.54, 1.807) is 6.92 Å². The molecule has 6 heteroatoms. The molecule has 0 aliphatic rings. The molecule has 0 spiro atoms. The summed E-state index contributed by atoms with van der Waals surface area (Å²) < 4.78 is 4.67. The number of ether oxygens (including phenoxy) is 1. The molecule has 0 saturated heterocycles. The Morgan fingerprint density at radius 1 is 1.32 bits per heavy atom. The molecule has 1 aromatic rings. The number of hydrogen-bond acceptors (Lipinski definition) is 4. The second-order valence-electron chi connectivity index (χ2n) is 4.06. The minimum atomic E-state index is -0.712. The first-order valence-corrected chi connectivity index (χ1v) is 5.72. The van der Waals surface area contributed by atoms with Crippen LogP contribution in [0.15, 0.2) is 30.3 Å². The van der Waals surface area contributed by atoms with E-state index < -0.39 is 18.1 Å². The van der Waals surface area contributed by atoms with Crippen molar-refractivity contribution in [2.45, 2.75) is 25.4 Å². The van der Waals surface area contributed by atoms with E-state index in [1.165, 1.54) is 7.11 Å². The topological polar surface area (TPSA) is 81.4 Å². The van der Waals surface area contributed by atoms with Crippen LogP contribution in [0.1, 0.15) is 12.5 Å². The third kappa shape index (κ3) is 5.72. The van der Waals surface area contributed by atoms with Crippen LogP contribution < -0.4 is 11.1 Å². The standard InChI is InChI=1S/C13H18N2O3.ClH/c1-9(14)12(16)15-11(13(17)18-2)8-10-6-4-3-5-7-10;/h3-7,9,11H,8,14H2,1-2H3,(H,15,16);1H/t9-,11?;/m0./s1. The lowest BCUT2D eigenvalue weighted by atomic mass is 10.1. The van der Waals surface area contributed by atoms with E-state index in [0.717, 1.165) is 5.56 Å². The number of hydrogen-bond donors (Lipinski definition) is 2. The number of amides is 1. The van der Waals surface area contributed by atoms with Gasteiger partial charge in [0.1, 0.15) is 6.04 Å². The van der Waals surface area contributed by atoms with Crippen LogP contribution in [0.2, 0.25) is 0 Å². The predicted molar refractivity (Wildman–Crippen MR) is 75.0 cm³/mol. The van der Waals surface area contributed by atoms with Crippen molar-refractivity contribution in [3.05, 3.63) is 35.9 Å². The molecule has 1 rings (SSSR count). The van der Waals surface area contributed by atoms with Crippen molar-refractivity contribution in [2.24, 2.45) is 5.73 Å². The average Bonchev–Trinajstić information content (AvgIpc) is 2.38. The van der Waals surface area contributed by atoms with Crippen molar-refractivity contribution in [2.75, 3.05) is 7.11 Å². The van der Waals surface area contributed by atoms with Crippen LogP contribution in [0.25, 0.3) is 0 Å². The lowest BCUT2D eigenvalue weighted by Gasteiger charge is -2.17. The van der Waals surface area contributed by atoms with E-state index in [2.05, 4.69) is 10.1 Å². The quantitative estimate of drug-likeness (QED) is 0.779. The normalized spacial score (nSPS) is 12.8. The molecule has 106 valence electrons. The highest BCUT2D eigenvalue weighted by Gasteiger charge is 2.23. The maximum absolute atomic E-state index is 11.6. The predicted octanol–water partition coefficient (Wildman–Crippen LogP) is 0.656. The van der Waals surface area contributed by atoms with E-state index in [4.69, 9.17) is 5.73 Å². The van der Waals surface area contributed by atoms with Crippen LogP contribution in [0.5, 0.6) is 0 Å². The number of carbonyl (C=O) groups is 2. The molecule has 0 aliphatic heterocycles. The minimum absolute atomic E-state index is 0. The molecule has 0 fully saturated rings. The number of rotatable bonds is 5. The van der Waals surface area contributed by atoms with Gasteiger partial charge in [0.15, 0.2) is 0 Å². The summed E-state index contributed by atoms with van der Waals surface area (Å²) in [4.78, 5) is 23.1. The summed E-state index contributed by atoms with van der Waals surface area (Å²) in [5.74, 6) is -0.853. The molecule has 1 aromatic carbocycles. The fourth-order valence-electron chi connectivity index (χ4n) is 1.49. The van der Waals surface area contributed by atoms with Crippen LogP contribution >= 0.6 is 12.4 Å². The number of methoxy groups -OCH3 is 1. The van der Waals surface area contributed by atoms with Gasteiger partial charge in [-0.15, -0.1) is 12.4 Å². The molecule has 0 heterocycles. The minimum Gasteiger partial charge on any atom is -0.467 e. The summed E-state index contributed by atoms with van der Waals surface area (Å²) >= 11 is 0. The molecule has 0 aromatic heterocycles. The SMILES string of the molecule is COC(=O)C(Cc1ccccc1)NC(=O)[C@H](C)N.Cl. The smallest absolute Gasteiger partial charge is 0.328 e.